The molecule has 0 aromatic heterocycles. The molecular weight excluding hydrogens is 268 g/mol. The first kappa shape index (κ1) is 13.3. The van der Waals surface area contributed by atoms with E-state index in [2.05, 4.69) is 46.7 Å². The summed E-state index contributed by atoms with van der Waals surface area (Å²) in [7, 11) is 0. The molecule has 3 rings (SSSR count). The highest BCUT2D eigenvalue weighted by Crippen LogP contribution is 2.28. The molecule has 0 saturated carbocycles. The van der Waals surface area contributed by atoms with Crippen LogP contribution in [-0.2, 0) is 0 Å². The molecule has 20 heavy (non-hydrogen) atoms. The zero-order chi connectivity index (χ0) is 13.8. The van der Waals surface area contributed by atoms with Gasteiger partial charge in [-0.2, -0.15) is 4.40 Å². The molecule has 2 aliphatic heterocycles. The van der Waals surface area contributed by atoms with Gasteiger partial charge in [0, 0.05) is 24.1 Å². The van der Waals surface area contributed by atoms with Gasteiger partial charge in [-0.05, 0) is 48.2 Å². The number of hydrogen-bond donors (Lipinski definition) is 0. The van der Waals surface area contributed by atoms with Gasteiger partial charge in [0.15, 0.2) is 0 Å². The van der Waals surface area contributed by atoms with E-state index in [1.807, 2.05) is 12.1 Å². The van der Waals surface area contributed by atoms with E-state index in [4.69, 9.17) is 4.74 Å². The fourth-order valence-electron chi connectivity index (χ4n) is 2.25. The third-order valence-electron chi connectivity index (χ3n) is 3.25. The summed E-state index contributed by atoms with van der Waals surface area (Å²) in [5, 5.41) is 0. The van der Waals surface area contributed by atoms with Crippen LogP contribution in [0.5, 0.6) is 5.75 Å². The van der Waals surface area contributed by atoms with Crippen LogP contribution < -0.4 is 4.74 Å². The van der Waals surface area contributed by atoms with Gasteiger partial charge in [0.25, 0.3) is 0 Å². The van der Waals surface area contributed by atoms with E-state index in [9.17, 15) is 0 Å². The average molecular weight is 286 g/mol. The third-order valence-corrected chi connectivity index (χ3v) is 3.92. The van der Waals surface area contributed by atoms with Crippen LogP contribution in [0.3, 0.4) is 0 Å². The molecule has 0 atom stereocenters. The number of allylic oxidation sites excluding steroid dienone is 2. The molecule has 4 heteroatoms. The highest BCUT2D eigenvalue weighted by molar-refractivity contribution is 7.98. The van der Waals surface area contributed by atoms with Gasteiger partial charge in [0.2, 0.25) is 0 Å². The second-order valence-electron chi connectivity index (χ2n) is 4.74. The van der Waals surface area contributed by atoms with Gasteiger partial charge in [0.05, 0.1) is 6.61 Å². The Hall–Kier alpha value is -1.68. The Morgan fingerprint density at radius 2 is 2.15 bits per heavy atom. The Bertz CT molecular complexity index is 560. The van der Waals surface area contributed by atoms with Crippen LogP contribution in [-0.4, -0.2) is 29.6 Å². The summed E-state index contributed by atoms with van der Waals surface area (Å²) in [4.78, 5) is 2.22. The molecule has 2 heterocycles. The zero-order valence-electron chi connectivity index (χ0n) is 11.6. The minimum atomic E-state index is 0.766. The van der Waals surface area contributed by atoms with Crippen LogP contribution in [0.25, 0.3) is 5.57 Å². The normalized spacial score (nSPS) is 17.4. The number of fused-ring (bicyclic) bond motifs is 1. The number of amidine groups is 1. The molecule has 2 aliphatic rings. The van der Waals surface area contributed by atoms with E-state index in [1.165, 1.54) is 11.1 Å². The van der Waals surface area contributed by atoms with Gasteiger partial charge in [-0.3, -0.25) is 0 Å². The maximum absolute atomic E-state index is 5.63. The SMILES string of the molecule is CCCOc1ccc(C2=CC=CN3CCSN=C23)cc1. The Kier molecular flexibility index (Phi) is 4.11. The van der Waals surface area contributed by atoms with Crippen LogP contribution in [0.15, 0.2) is 47.0 Å². The highest BCUT2D eigenvalue weighted by Gasteiger charge is 2.21. The predicted octanol–water partition coefficient (Wildman–Crippen LogP) is 3.75. The molecule has 0 spiro atoms. The molecule has 0 fully saturated rings. The van der Waals surface area contributed by atoms with Crippen LogP contribution in [0, 0.1) is 0 Å². The minimum Gasteiger partial charge on any atom is -0.494 e. The van der Waals surface area contributed by atoms with Crippen molar-refractivity contribution in [2.75, 3.05) is 18.9 Å². The van der Waals surface area contributed by atoms with E-state index in [1.54, 1.807) is 11.9 Å². The van der Waals surface area contributed by atoms with Gasteiger partial charge in [0.1, 0.15) is 11.6 Å². The fraction of sp³-hybridized carbons (Fsp3) is 0.312. The molecule has 0 N–H and O–H groups in total. The van der Waals surface area contributed by atoms with Crippen molar-refractivity contribution in [1.29, 1.82) is 0 Å². The summed E-state index contributed by atoms with van der Waals surface area (Å²) in [5.41, 5.74) is 2.37. The van der Waals surface area contributed by atoms with Crippen molar-refractivity contribution in [1.82, 2.24) is 4.90 Å². The lowest BCUT2D eigenvalue weighted by molar-refractivity contribution is 0.317. The molecular formula is C16H18N2OS. The third kappa shape index (κ3) is 2.75. The van der Waals surface area contributed by atoms with E-state index >= 15 is 0 Å². The molecule has 1 aromatic carbocycles. The van der Waals surface area contributed by atoms with Crippen LogP contribution in [0.4, 0.5) is 0 Å². The second kappa shape index (κ2) is 6.18. The molecule has 0 unspecified atom stereocenters. The Balaban J connectivity index is 1.83. The summed E-state index contributed by atoms with van der Waals surface area (Å²) < 4.78 is 10.2. The van der Waals surface area contributed by atoms with Crippen molar-refractivity contribution in [3.05, 3.63) is 48.2 Å². The Morgan fingerprint density at radius 1 is 1.30 bits per heavy atom. The van der Waals surface area contributed by atoms with Gasteiger partial charge < -0.3 is 9.64 Å². The van der Waals surface area contributed by atoms with Crippen LogP contribution >= 0.6 is 11.9 Å². The average Bonchev–Trinajstić information content (AvgIpc) is 2.53. The summed E-state index contributed by atoms with van der Waals surface area (Å²) in [6, 6.07) is 8.28. The molecule has 0 bridgehead atoms. The number of rotatable bonds is 4. The monoisotopic (exact) mass is 286 g/mol. The minimum absolute atomic E-state index is 0.766. The number of nitrogens with zero attached hydrogens (tertiary/aromatic N) is 2. The van der Waals surface area contributed by atoms with E-state index < -0.39 is 0 Å². The Labute approximate surface area is 124 Å². The summed E-state index contributed by atoms with van der Waals surface area (Å²) in [6.07, 6.45) is 7.34. The molecule has 104 valence electrons. The predicted molar refractivity (Wildman–Crippen MR) is 85.9 cm³/mol. The van der Waals surface area contributed by atoms with Crippen molar-refractivity contribution < 1.29 is 4.74 Å². The second-order valence-corrected chi connectivity index (χ2v) is 5.59. The topological polar surface area (TPSA) is 24.8 Å². The van der Waals surface area contributed by atoms with Crippen molar-refractivity contribution >= 4 is 23.4 Å². The number of hydrogen-bond acceptors (Lipinski definition) is 4. The summed E-state index contributed by atoms with van der Waals surface area (Å²) >= 11 is 1.64. The largest absolute Gasteiger partial charge is 0.494 e. The van der Waals surface area contributed by atoms with E-state index in [0.717, 1.165) is 36.9 Å². The van der Waals surface area contributed by atoms with E-state index in [0.29, 0.717) is 0 Å². The molecule has 1 aromatic rings. The van der Waals surface area contributed by atoms with Crippen LogP contribution in [0.1, 0.15) is 18.9 Å². The zero-order valence-corrected chi connectivity index (χ0v) is 12.4. The standard InChI is InChI=1S/C16H18N2OS/c1-2-11-19-14-7-5-13(6-8-14)15-4-3-9-18-10-12-20-17-16(15)18/h3-9H,2,10-12H2,1H3. The van der Waals surface area contributed by atoms with E-state index in [-0.39, 0.29) is 0 Å². The molecule has 0 aliphatic carbocycles. The fourth-order valence-corrected chi connectivity index (χ4v) is 2.94. The van der Waals surface area contributed by atoms with Crippen LogP contribution in [0.2, 0.25) is 0 Å². The Morgan fingerprint density at radius 3 is 2.95 bits per heavy atom. The number of ether oxygens (including phenoxy) is 1. The quantitative estimate of drug-likeness (QED) is 0.788. The van der Waals surface area contributed by atoms with Crippen molar-refractivity contribution in [2.24, 2.45) is 4.40 Å². The summed E-state index contributed by atoms with van der Waals surface area (Å²) in [5.74, 6) is 3.04. The lowest BCUT2D eigenvalue weighted by atomic mass is 10.0. The van der Waals surface area contributed by atoms with Gasteiger partial charge >= 0.3 is 0 Å². The van der Waals surface area contributed by atoms with Crippen molar-refractivity contribution in [2.45, 2.75) is 13.3 Å². The smallest absolute Gasteiger partial charge is 0.148 e. The lowest BCUT2D eigenvalue weighted by Crippen LogP contribution is -2.32. The van der Waals surface area contributed by atoms with Gasteiger partial charge in [-0.1, -0.05) is 19.1 Å². The lowest BCUT2D eigenvalue weighted by Gasteiger charge is -2.29. The van der Waals surface area contributed by atoms with Gasteiger partial charge in [-0.15, -0.1) is 0 Å². The first-order valence-electron chi connectivity index (χ1n) is 6.97. The highest BCUT2D eigenvalue weighted by atomic mass is 32.2. The van der Waals surface area contributed by atoms with Crippen molar-refractivity contribution in [3.8, 4) is 5.75 Å². The number of benzene rings is 1. The molecule has 0 radical (unpaired) electrons. The summed E-state index contributed by atoms with van der Waals surface area (Å²) in [6.45, 7) is 3.90. The molecule has 0 saturated heterocycles. The first-order valence-corrected chi connectivity index (χ1v) is 7.91. The maximum Gasteiger partial charge on any atom is 0.148 e. The molecule has 3 nitrogen and oxygen atoms in total. The molecule has 0 amide bonds. The van der Waals surface area contributed by atoms with Crippen molar-refractivity contribution in [3.63, 3.8) is 0 Å². The first-order chi connectivity index (χ1) is 9.88. The maximum atomic E-state index is 5.63. The van der Waals surface area contributed by atoms with Gasteiger partial charge in [-0.25, -0.2) is 0 Å².